The van der Waals surface area contributed by atoms with E-state index in [2.05, 4.69) is 9.71 Å². The molecule has 0 aliphatic rings. The molecule has 0 aliphatic heterocycles. The van der Waals surface area contributed by atoms with Gasteiger partial charge in [0, 0.05) is 0 Å². The molecule has 0 saturated carbocycles. The molecule has 1 rings (SSSR count). The van der Waals surface area contributed by atoms with Gasteiger partial charge in [-0.15, -0.1) is 0 Å². The Balaban J connectivity index is 2.89. The number of hydrogen-bond acceptors (Lipinski definition) is 4. The minimum Gasteiger partial charge on any atom is -0.281 e. The van der Waals surface area contributed by atoms with Crippen molar-refractivity contribution in [1.29, 1.82) is 5.26 Å². The van der Waals surface area contributed by atoms with Crippen LogP contribution in [-0.2, 0) is 10.0 Å². The molecule has 5 nitrogen and oxygen atoms in total. The lowest BCUT2D eigenvalue weighted by atomic mass is 10.4. The summed E-state index contributed by atoms with van der Waals surface area (Å²) in [6.07, 6.45) is 1.23. The quantitative estimate of drug-likeness (QED) is 0.807. The standard InChI is InChI=1S/C9H10FN3O2S/c1-2-8(5-11)16(14,15)13-7-3-4-9(10)12-6-7/h3-4,6,8,13H,2H2,1H3. The van der Waals surface area contributed by atoms with Gasteiger partial charge in [0.25, 0.3) is 0 Å². The van der Waals surface area contributed by atoms with Gasteiger partial charge in [-0.25, -0.2) is 13.4 Å². The van der Waals surface area contributed by atoms with Gasteiger partial charge in [-0.3, -0.25) is 4.72 Å². The summed E-state index contributed by atoms with van der Waals surface area (Å²) in [6.45, 7) is 1.59. The van der Waals surface area contributed by atoms with Crippen LogP contribution >= 0.6 is 0 Å². The fraction of sp³-hybridized carbons (Fsp3) is 0.333. The maximum absolute atomic E-state index is 12.5. The van der Waals surface area contributed by atoms with E-state index in [1.807, 2.05) is 0 Å². The van der Waals surface area contributed by atoms with Gasteiger partial charge in [0.05, 0.1) is 18.0 Å². The summed E-state index contributed by atoms with van der Waals surface area (Å²) in [7, 11) is -3.76. The highest BCUT2D eigenvalue weighted by atomic mass is 32.2. The van der Waals surface area contributed by atoms with Crippen molar-refractivity contribution in [3.63, 3.8) is 0 Å². The summed E-state index contributed by atoms with van der Waals surface area (Å²) in [6, 6.07) is 3.95. The Morgan fingerprint density at radius 2 is 2.31 bits per heavy atom. The first-order valence-corrected chi connectivity index (χ1v) is 6.07. The molecule has 1 heterocycles. The molecule has 0 saturated heterocycles. The highest BCUT2D eigenvalue weighted by molar-refractivity contribution is 7.93. The average Bonchev–Trinajstić information content (AvgIpc) is 2.22. The first kappa shape index (κ1) is 12.4. The van der Waals surface area contributed by atoms with Crippen molar-refractivity contribution >= 4 is 15.7 Å². The lowest BCUT2D eigenvalue weighted by molar-refractivity contribution is 0.583. The zero-order valence-electron chi connectivity index (χ0n) is 8.51. The molecule has 0 spiro atoms. The second-order valence-corrected chi connectivity index (χ2v) is 4.91. The zero-order valence-corrected chi connectivity index (χ0v) is 9.33. The van der Waals surface area contributed by atoms with Crippen molar-refractivity contribution < 1.29 is 12.8 Å². The van der Waals surface area contributed by atoms with E-state index in [1.54, 1.807) is 13.0 Å². The molecule has 7 heteroatoms. The Morgan fingerprint density at radius 1 is 1.62 bits per heavy atom. The molecule has 1 N–H and O–H groups in total. The first-order valence-electron chi connectivity index (χ1n) is 4.52. The van der Waals surface area contributed by atoms with E-state index in [-0.39, 0.29) is 12.1 Å². The van der Waals surface area contributed by atoms with E-state index in [0.717, 1.165) is 12.3 Å². The lowest BCUT2D eigenvalue weighted by Gasteiger charge is -2.10. The lowest BCUT2D eigenvalue weighted by Crippen LogP contribution is -2.26. The van der Waals surface area contributed by atoms with Crippen LogP contribution in [0.2, 0.25) is 0 Å². The molecule has 16 heavy (non-hydrogen) atoms. The van der Waals surface area contributed by atoms with Crippen LogP contribution in [-0.4, -0.2) is 18.7 Å². The summed E-state index contributed by atoms with van der Waals surface area (Å²) in [5, 5.41) is 7.51. The van der Waals surface area contributed by atoms with Crippen molar-refractivity contribution in [2.75, 3.05) is 4.72 Å². The summed E-state index contributed by atoms with van der Waals surface area (Å²) in [5.74, 6) is -0.699. The van der Waals surface area contributed by atoms with Crippen LogP contribution in [0.25, 0.3) is 0 Å². The summed E-state index contributed by atoms with van der Waals surface area (Å²) in [5.41, 5.74) is 0.134. The van der Waals surface area contributed by atoms with Crippen LogP contribution in [0, 0.1) is 17.3 Å². The fourth-order valence-corrected chi connectivity index (χ4v) is 2.22. The molecule has 86 valence electrons. The Morgan fingerprint density at radius 3 is 2.75 bits per heavy atom. The van der Waals surface area contributed by atoms with Crippen LogP contribution in [0.4, 0.5) is 10.1 Å². The van der Waals surface area contributed by atoms with Crippen LogP contribution in [0.5, 0.6) is 0 Å². The van der Waals surface area contributed by atoms with Gasteiger partial charge in [-0.1, -0.05) is 6.92 Å². The molecule has 0 amide bonds. The third kappa shape index (κ3) is 2.90. The highest BCUT2D eigenvalue weighted by Crippen LogP contribution is 2.12. The third-order valence-corrected chi connectivity index (χ3v) is 3.58. The van der Waals surface area contributed by atoms with E-state index in [4.69, 9.17) is 5.26 Å². The van der Waals surface area contributed by atoms with Gasteiger partial charge < -0.3 is 0 Å². The summed E-state index contributed by atoms with van der Waals surface area (Å²) in [4.78, 5) is 3.30. The maximum atomic E-state index is 12.5. The van der Waals surface area contributed by atoms with Crippen molar-refractivity contribution in [2.45, 2.75) is 18.6 Å². The third-order valence-electron chi connectivity index (χ3n) is 1.88. The topological polar surface area (TPSA) is 82.8 Å². The number of aromatic nitrogens is 1. The Bertz CT molecular complexity index is 492. The Hall–Kier alpha value is -1.68. The largest absolute Gasteiger partial charge is 0.281 e. The van der Waals surface area contributed by atoms with Gasteiger partial charge in [-0.05, 0) is 18.6 Å². The van der Waals surface area contributed by atoms with Gasteiger partial charge in [-0.2, -0.15) is 9.65 Å². The normalized spacial score (nSPS) is 12.8. The van der Waals surface area contributed by atoms with Crippen LogP contribution in [0.3, 0.4) is 0 Å². The molecule has 0 aromatic carbocycles. The molecular weight excluding hydrogens is 233 g/mol. The SMILES string of the molecule is CCC(C#N)S(=O)(=O)Nc1ccc(F)nc1. The van der Waals surface area contributed by atoms with Gasteiger partial charge in [0.2, 0.25) is 16.0 Å². The number of halogens is 1. The van der Waals surface area contributed by atoms with Crippen LogP contribution in [0.15, 0.2) is 18.3 Å². The van der Waals surface area contributed by atoms with E-state index in [1.165, 1.54) is 6.07 Å². The number of nitriles is 1. The number of anilines is 1. The predicted molar refractivity (Wildman–Crippen MR) is 56.4 cm³/mol. The number of hydrogen-bond donors (Lipinski definition) is 1. The van der Waals surface area contributed by atoms with Crippen molar-refractivity contribution in [3.05, 3.63) is 24.3 Å². The van der Waals surface area contributed by atoms with Crippen molar-refractivity contribution in [1.82, 2.24) is 4.98 Å². The number of pyridine rings is 1. The van der Waals surface area contributed by atoms with E-state index >= 15 is 0 Å². The molecule has 0 fully saturated rings. The molecular formula is C9H10FN3O2S. The highest BCUT2D eigenvalue weighted by Gasteiger charge is 2.23. The predicted octanol–water partition coefficient (Wildman–Crippen LogP) is 1.26. The fourth-order valence-electron chi connectivity index (χ4n) is 1.05. The number of nitrogens with one attached hydrogen (secondary N) is 1. The monoisotopic (exact) mass is 243 g/mol. The number of nitrogens with zero attached hydrogens (tertiary/aromatic N) is 2. The minimum atomic E-state index is -3.76. The average molecular weight is 243 g/mol. The van der Waals surface area contributed by atoms with Crippen LogP contribution in [0.1, 0.15) is 13.3 Å². The van der Waals surface area contributed by atoms with Gasteiger partial charge in [0.15, 0.2) is 5.25 Å². The number of sulfonamides is 1. The summed E-state index contributed by atoms with van der Waals surface area (Å²) >= 11 is 0. The number of rotatable bonds is 4. The molecule has 0 aliphatic carbocycles. The molecule has 1 aromatic rings. The molecule has 0 bridgehead atoms. The Kier molecular flexibility index (Phi) is 3.79. The second-order valence-electron chi connectivity index (χ2n) is 3.04. The van der Waals surface area contributed by atoms with Crippen LogP contribution < -0.4 is 4.72 Å². The first-order chi connectivity index (χ1) is 7.49. The zero-order chi connectivity index (χ0) is 12.2. The smallest absolute Gasteiger partial charge is 0.249 e. The van der Waals surface area contributed by atoms with Crippen molar-refractivity contribution in [3.8, 4) is 6.07 Å². The molecule has 1 atom stereocenters. The van der Waals surface area contributed by atoms with E-state index in [9.17, 15) is 12.8 Å². The Labute approximate surface area is 93.0 Å². The second kappa shape index (κ2) is 4.90. The molecule has 1 unspecified atom stereocenters. The van der Waals surface area contributed by atoms with E-state index in [0.29, 0.717) is 0 Å². The van der Waals surface area contributed by atoms with Crippen molar-refractivity contribution in [2.24, 2.45) is 0 Å². The van der Waals surface area contributed by atoms with Gasteiger partial charge in [0.1, 0.15) is 0 Å². The molecule has 1 aromatic heterocycles. The maximum Gasteiger partial charge on any atom is 0.249 e. The van der Waals surface area contributed by atoms with Gasteiger partial charge >= 0.3 is 0 Å². The minimum absolute atomic E-state index is 0.134. The molecule has 0 radical (unpaired) electrons. The summed E-state index contributed by atoms with van der Waals surface area (Å²) < 4.78 is 37.8. The van der Waals surface area contributed by atoms with E-state index < -0.39 is 21.2 Å².